The summed E-state index contributed by atoms with van der Waals surface area (Å²) in [5.41, 5.74) is 1.26. The van der Waals surface area contributed by atoms with Crippen molar-refractivity contribution in [3.05, 3.63) is 24.2 Å². The van der Waals surface area contributed by atoms with Crippen molar-refractivity contribution in [2.24, 2.45) is 5.92 Å². The van der Waals surface area contributed by atoms with Crippen molar-refractivity contribution in [1.29, 1.82) is 0 Å². The van der Waals surface area contributed by atoms with Gasteiger partial charge in [-0.2, -0.15) is 0 Å². The monoisotopic (exact) mass is 221 g/mol. The normalized spacial score (nSPS) is 25.8. The predicted molar refractivity (Wildman–Crippen MR) is 66.2 cm³/mol. The van der Waals surface area contributed by atoms with E-state index in [1.165, 1.54) is 44.1 Å². The third kappa shape index (κ3) is 3.11. The van der Waals surface area contributed by atoms with Gasteiger partial charge in [0.1, 0.15) is 0 Å². The molecule has 1 heterocycles. The molecule has 1 saturated carbocycles. The summed E-state index contributed by atoms with van der Waals surface area (Å²) in [4.78, 5) is 0. The smallest absolute Gasteiger partial charge is 0.0947 e. The topological polar surface area (TPSA) is 25.2 Å². The zero-order valence-electron chi connectivity index (χ0n) is 10.2. The minimum atomic E-state index is 0.726. The fourth-order valence-electron chi connectivity index (χ4n) is 2.83. The molecule has 0 bridgehead atoms. The summed E-state index contributed by atoms with van der Waals surface area (Å²) in [6, 6.07) is 2.77. The number of hydrogen-bond acceptors (Lipinski definition) is 2. The van der Waals surface area contributed by atoms with Crippen LogP contribution in [-0.2, 0) is 6.54 Å². The highest BCUT2D eigenvalue weighted by Crippen LogP contribution is 2.28. The summed E-state index contributed by atoms with van der Waals surface area (Å²) < 4.78 is 5.09. The van der Waals surface area contributed by atoms with E-state index in [0.717, 1.165) is 18.5 Å². The standard InChI is InChI=1S/C14H23NO/c1-2-5-13-6-3-4-7-14(13)15-10-12-8-9-16-11-12/h8-9,11,13-15H,2-7,10H2,1H3. The molecule has 1 aromatic rings. The quantitative estimate of drug-likeness (QED) is 0.819. The van der Waals surface area contributed by atoms with E-state index in [2.05, 4.69) is 12.2 Å². The maximum absolute atomic E-state index is 5.09. The molecule has 2 nitrogen and oxygen atoms in total. The minimum Gasteiger partial charge on any atom is -0.472 e. The molecule has 16 heavy (non-hydrogen) atoms. The van der Waals surface area contributed by atoms with Crippen LogP contribution in [0.5, 0.6) is 0 Å². The van der Waals surface area contributed by atoms with Gasteiger partial charge >= 0.3 is 0 Å². The number of hydrogen-bond donors (Lipinski definition) is 1. The van der Waals surface area contributed by atoms with E-state index in [1.54, 1.807) is 6.26 Å². The molecular weight excluding hydrogens is 198 g/mol. The Labute approximate surface area is 98.4 Å². The first-order chi connectivity index (χ1) is 7.90. The second kappa shape index (κ2) is 6.09. The molecule has 0 radical (unpaired) electrons. The van der Waals surface area contributed by atoms with Gasteiger partial charge in [0.05, 0.1) is 12.5 Å². The molecule has 2 heteroatoms. The van der Waals surface area contributed by atoms with Crippen LogP contribution >= 0.6 is 0 Å². The van der Waals surface area contributed by atoms with Crippen molar-refractivity contribution in [2.45, 2.75) is 58.0 Å². The third-order valence-electron chi connectivity index (χ3n) is 3.72. The summed E-state index contributed by atoms with van der Waals surface area (Å²) in [6.45, 7) is 3.25. The molecule has 2 rings (SSSR count). The van der Waals surface area contributed by atoms with Gasteiger partial charge in [-0.15, -0.1) is 0 Å². The fraction of sp³-hybridized carbons (Fsp3) is 0.714. The SMILES string of the molecule is CCCC1CCCCC1NCc1ccoc1. The molecule has 2 unspecified atom stereocenters. The van der Waals surface area contributed by atoms with Crippen molar-refractivity contribution in [2.75, 3.05) is 0 Å². The lowest BCUT2D eigenvalue weighted by atomic mass is 9.82. The summed E-state index contributed by atoms with van der Waals surface area (Å²) in [7, 11) is 0. The molecule has 0 spiro atoms. The Morgan fingerprint density at radius 2 is 2.25 bits per heavy atom. The molecule has 1 fully saturated rings. The minimum absolute atomic E-state index is 0.726. The molecule has 1 aromatic heterocycles. The summed E-state index contributed by atoms with van der Waals surface area (Å²) in [5.74, 6) is 0.894. The molecule has 0 aliphatic heterocycles. The summed E-state index contributed by atoms with van der Waals surface area (Å²) >= 11 is 0. The van der Waals surface area contributed by atoms with Gasteiger partial charge < -0.3 is 9.73 Å². The maximum atomic E-state index is 5.09. The Morgan fingerprint density at radius 1 is 1.38 bits per heavy atom. The van der Waals surface area contributed by atoms with Crippen molar-refractivity contribution in [3.63, 3.8) is 0 Å². The first-order valence-electron chi connectivity index (χ1n) is 6.64. The van der Waals surface area contributed by atoms with Gasteiger partial charge in [-0.25, -0.2) is 0 Å². The maximum Gasteiger partial charge on any atom is 0.0947 e. The second-order valence-electron chi connectivity index (χ2n) is 4.95. The first kappa shape index (κ1) is 11.7. The van der Waals surface area contributed by atoms with E-state index in [9.17, 15) is 0 Å². The zero-order chi connectivity index (χ0) is 11.2. The second-order valence-corrected chi connectivity index (χ2v) is 4.95. The van der Waals surface area contributed by atoms with Crippen LogP contribution in [0.25, 0.3) is 0 Å². The van der Waals surface area contributed by atoms with E-state index in [1.807, 2.05) is 12.3 Å². The van der Waals surface area contributed by atoms with Crippen LogP contribution < -0.4 is 5.32 Å². The molecular formula is C14H23NO. The van der Waals surface area contributed by atoms with Gasteiger partial charge in [0.15, 0.2) is 0 Å². The van der Waals surface area contributed by atoms with Crippen LogP contribution in [0.3, 0.4) is 0 Å². The van der Waals surface area contributed by atoms with Crippen LogP contribution in [-0.4, -0.2) is 6.04 Å². The molecule has 0 amide bonds. The highest BCUT2D eigenvalue weighted by atomic mass is 16.3. The zero-order valence-corrected chi connectivity index (χ0v) is 10.2. The van der Waals surface area contributed by atoms with Crippen LogP contribution in [0.1, 0.15) is 51.0 Å². The van der Waals surface area contributed by atoms with E-state index >= 15 is 0 Å². The van der Waals surface area contributed by atoms with Crippen molar-refractivity contribution >= 4 is 0 Å². The lowest BCUT2D eigenvalue weighted by Crippen LogP contribution is -2.38. The van der Waals surface area contributed by atoms with Crippen LogP contribution in [0.15, 0.2) is 23.0 Å². The first-order valence-corrected chi connectivity index (χ1v) is 6.64. The van der Waals surface area contributed by atoms with E-state index in [-0.39, 0.29) is 0 Å². The van der Waals surface area contributed by atoms with Gasteiger partial charge in [0.25, 0.3) is 0 Å². The molecule has 90 valence electrons. The van der Waals surface area contributed by atoms with Gasteiger partial charge in [-0.1, -0.05) is 26.2 Å². The average molecular weight is 221 g/mol. The molecule has 0 saturated heterocycles. The Balaban J connectivity index is 1.81. The van der Waals surface area contributed by atoms with E-state index in [0.29, 0.717) is 0 Å². The average Bonchev–Trinajstić information content (AvgIpc) is 2.81. The van der Waals surface area contributed by atoms with Crippen molar-refractivity contribution < 1.29 is 4.42 Å². The summed E-state index contributed by atoms with van der Waals surface area (Å²) in [6.07, 6.45) is 11.9. The van der Waals surface area contributed by atoms with E-state index in [4.69, 9.17) is 4.42 Å². The Hall–Kier alpha value is -0.760. The molecule has 2 atom stereocenters. The van der Waals surface area contributed by atoms with E-state index < -0.39 is 0 Å². The van der Waals surface area contributed by atoms with Crippen molar-refractivity contribution in [1.82, 2.24) is 5.32 Å². The fourth-order valence-corrected chi connectivity index (χ4v) is 2.83. The van der Waals surface area contributed by atoms with Gasteiger partial charge in [-0.3, -0.25) is 0 Å². The lowest BCUT2D eigenvalue weighted by molar-refractivity contribution is 0.246. The molecule has 1 N–H and O–H groups in total. The number of furan rings is 1. The van der Waals surface area contributed by atoms with Crippen molar-refractivity contribution in [3.8, 4) is 0 Å². The van der Waals surface area contributed by atoms with Crippen LogP contribution in [0, 0.1) is 5.92 Å². The Morgan fingerprint density at radius 3 is 3.00 bits per heavy atom. The third-order valence-corrected chi connectivity index (χ3v) is 3.72. The van der Waals surface area contributed by atoms with Crippen LogP contribution in [0.2, 0.25) is 0 Å². The number of rotatable bonds is 5. The molecule has 1 aliphatic carbocycles. The Kier molecular flexibility index (Phi) is 4.46. The molecule has 1 aliphatic rings. The summed E-state index contributed by atoms with van der Waals surface area (Å²) in [5, 5.41) is 3.70. The lowest BCUT2D eigenvalue weighted by Gasteiger charge is -2.32. The largest absolute Gasteiger partial charge is 0.472 e. The van der Waals surface area contributed by atoms with Crippen LogP contribution in [0.4, 0.5) is 0 Å². The predicted octanol–water partition coefficient (Wildman–Crippen LogP) is 3.73. The van der Waals surface area contributed by atoms with Gasteiger partial charge in [0, 0.05) is 18.2 Å². The highest BCUT2D eigenvalue weighted by molar-refractivity contribution is 5.05. The number of nitrogens with one attached hydrogen (secondary N) is 1. The Bertz CT molecular complexity index is 279. The van der Waals surface area contributed by atoms with Gasteiger partial charge in [-0.05, 0) is 31.2 Å². The highest BCUT2D eigenvalue weighted by Gasteiger charge is 2.23. The van der Waals surface area contributed by atoms with Gasteiger partial charge in [0.2, 0.25) is 0 Å². The molecule has 0 aromatic carbocycles.